The predicted octanol–water partition coefficient (Wildman–Crippen LogP) is 14.2. The van der Waals surface area contributed by atoms with Crippen molar-refractivity contribution >= 4 is 23.9 Å². The van der Waals surface area contributed by atoms with E-state index in [4.69, 9.17) is 23.7 Å². The van der Waals surface area contributed by atoms with E-state index in [0.717, 1.165) is 57.8 Å². The highest BCUT2D eigenvalue weighted by atomic mass is 16.7. The zero-order valence-electron chi connectivity index (χ0n) is 45.0. The minimum absolute atomic E-state index is 0.0582. The number of carboxylic acid groups (broad SMARTS) is 1. The first-order valence-electron chi connectivity index (χ1n) is 28.6. The number of allylic oxidation sites excluding steroid dienone is 8. The highest BCUT2D eigenvalue weighted by Crippen LogP contribution is 2.26. The first-order chi connectivity index (χ1) is 34.6. The molecule has 0 amide bonds. The lowest BCUT2D eigenvalue weighted by Crippen LogP contribution is -2.61. The number of hydrogen-bond acceptors (Lipinski definition) is 11. The van der Waals surface area contributed by atoms with Crippen LogP contribution in [-0.2, 0) is 42.9 Å². The molecule has 71 heavy (non-hydrogen) atoms. The lowest BCUT2D eigenvalue weighted by molar-refractivity contribution is -0.301. The van der Waals surface area contributed by atoms with E-state index in [1.807, 2.05) is 18.2 Å². The second kappa shape index (κ2) is 47.7. The number of aliphatic carboxylic acids is 1. The normalized spacial score (nSPS) is 18.8. The van der Waals surface area contributed by atoms with Crippen molar-refractivity contribution in [2.45, 2.75) is 289 Å². The van der Waals surface area contributed by atoms with Gasteiger partial charge in [0.15, 0.2) is 24.6 Å². The van der Waals surface area contributed by atoms with Crippen LogP contribution >= 0.6 is 0 Å². The van der Waals surface area contributed by atoms with E-state index in [0.29, 0.717) is 25.7 Å². The number of carbonyl (C=O) groups is 4. The maximum absolute atomic E-state index is 13.1. The van der Waals surface area contributed by atoms with Crippen molar-refractivity contribution in [3.63, 3.8) is 0 Å². The summed E-state index contributed by atoms with van der Waals surface area (Å²) in [6.45, 7) is 5.85. The van der Waals surface area contributed by atoms with Crippen LogP contribution in [0.4, 0.5) is 0 Å². The quantitative estimate of drug-likeness (QED) is 0.0228. The van der Waals surface area contributed by atoms with Gasteiger partial charge in [0.2, 0.25) is 0 Å². The molecule has 0 spiro atoms. The van der Waals surface area contributed by atoms with Crippen molar-refractivity contribution in [2.75, 3.05) is 13.2 Å². The van der Waals surface area contributed by atoms with E-state index in [-0.39, 0.29) is 25.9 Å². The van der Waals surface area contributed by atoms with E-state index in [9.17, 15) is 34.5 Å². The van der Waals surface area contributed by atoms with Crippen molar-refractivity contribution in [3.05, 3.63) is 48.6 Å². The maximum Gasteiger partial charge on any atom is 0.335 e. The summed E-state index contributed by atoms with van der Waals surface area (Å²) in [5.41, 5.74) is 0. The van der Waals surface area contributed by atoms with Crippen molar-refractivity contribution in [1.29, 1.82) is 0 Å². The molecule has 12 heteroatoms. The fourth-order valence-electron chi connectivity index (χ4n) is 8.56. The summed E-state index contributed by atoms with van der Waals surface area (Å²) < 4.78 is 28.3. The van der Waals surface area contributed by atoms with Gasteiger partial charge in [0, 0.05) is 19.3 Å². The Hall–Kier alpha value is -3.32. The minimum atomic E-state index is -1.92. The van der Waals surface area contributed by atoms with Crippen LogP contribution in [0, 0.1) is 0 Å². The Morgan fingerprint density at radius 1 is 0.479 bits per heavy atom. The lowest BCUT2D eigenvalue weighted by atomic mass is 9.98. The van der Waals surface area contributed by atoms with E-state index in [1.165, 1.54) is 128 Å². The fourth-order valence-corrected chi connectivity index (χ4v) is 8.56. The van der Waals surface area contributed by atoms with Gasteiger partial charge in [-0.25, -0.2) is 4.79 Å². The first kappa shape index (κ1) is 65.7. The van der Waals surface area contributed by atoms with Gasteiger partial charge in [-0.1, -0.05) is 236 Å². The molecular formula is C59H102O12. The summed E-state index contributed by atoms with van der Waals surface area (Å²) >= 11 is 0. The molecule has 0 aromatic rings. The number of esters is 3. The highest BCUT2D eigenvalue weighted by molar-refractivity contribution is 5.74. The Balaban J connectivity index is 2.73. The number of ether oxygens (including phenoxy) is 5. The van der Waals surface area contributed by atoms with Crippen LogP contribution in [0.5, 0.6) is 0 Å². The van der Waals surface area contributed by atoms with Crippen LogP contribution in [0.1, 0.15) is 252 Å². The van der Waals surface area contributed by atoms with Crippen LogP contribution in [0.3, 0.4) is 0 Å². The molecule has 0 radical (unpaired) electrons. The predicted molar refractivity (Wildman–Crippen MR) is 285 cm³/mol. The zero-order valence-corrected chi connectivity index (χ0v) is 45.0. The Morgan fingerprint density at radius 3 is 1.32 bits per heavy atom. The Bertz CT molecular complexity index is 1420. The molecule has 1 rings (SSSR count). The summed E-state index contributed by atoms with van der Waals surface area (Å²) in [5.74, 6) is -3.20. The molecule has 1 aliphatic heterocycles. The molecule has 12 nitrogen and oxygen atoms in total. The van der Waals surface area contributed by atoms with Gasteiger partial charge in [0.25, 0.3) is 0 Å². The number of rotatable bonds is 48. The standard InChI is InChI=1S/C59H102O12/c1-4-7-10-13-16-19-22-25-26-29-30-33-36-39-42-45-51(60)67-48-50(69-52(61)46-43-40-37-34-31-27-23-20-17-14-11-8-5-2)49-68-59-57(55(64)54(63)56(71-59)58(65)66)70-53(62)47-44-41-38-35-32-28-24-21-18-15-12-9-6-3/h9,12,18,21,28,32,38,41,50,54-57,59,63-64H,4-8,10-11,13-17,19-20,22-27,29-31,33-37,39-40,42-49H2,1-3H3,(H,65,66)/b12-9-,21-18-,32-28-,41-38-. The summed E-state index contributed by atoms with van der Waals surface area (Å²) in [4.78, 5) is 51.0. The third-order valence-electron chi connectivity index (χ3n) is 12.9. The van der Waals surface area contributed by atoms with Crippen molar-refractivity contribution in [2.24, 2.45) is 0 Å². The van der Waals surface area contributed by atoms with Crippen molar-refractivity contribution in [3.8, 4) is 0 Å². The molecule has 0 saturated carbocycles. The van der Waals surface area contributed by atoms with Gasteiger partial charge in [0.1, 0.15) is 18.8 Å². The fraction of sp³-hybridized carbons (Fsp3) is 0.797. The molecule has 1 fully saturated rings. The molecule has 1 saturated heterocycles. The molecule has 6 atom stereocenters. The number of unbranched alkanes of at least 4 members (excludes halogenated alkanes) is 26. The zero-order chi connectivity index (χ0) is 51.8. The third-order valence-corrected chi connectivity index (χ3v) is 12.9. The summed E-state index contributed by atoms with van der Waals surface area (Å²) in [7, 11) is 0. The van der Waals surface area contributed by atoms with E-state index in [1.54, 1.807) is 0 Å². The van der Waals surface area contributed by atoms with Crippen LogP contribution in [0.25, 0.3) is 0 Å². The monoisotopic (exact) mass is 1000 g/mol. The maximum atomic E-state index is 13.1. The molecule has 6 unspecified atom stereocenters. The second-order valence-corrected chi connectivity index (χ2v) is 19.6. The number of aliphatic hydroxyl groups is 2. The number of hydrogen-bond donors (Lipinski definition) is 3. The molecule has 1 aliphatic rings. The Labute approximate surface area is 431 Å². The van der Waals surface area contributed by atoms with Gasteiger partial charge in [0.05, 0.1) is 6.61 Å². The SMILES string of the molecule is CC/C=C\C/C=C\C/C=C\C/C=C\CCC(=O)OC1C(OCC(COC(=O)CCCCCCCCCCCCCCCCC)OC(=O)CCCCCCCCCCCCCCC)OC(C(=O)O)C(O)C1O. The van der Waals surface area contributed by atoms with Gasteiger partial charge < -0.3 is 39.0 Å². The average Bonchev–Trinajstić information content (AvgIpc) is 3.35. The van der Waals surface area contributed by atoms with Gasteiger partial charge >= 0.3 is 23.9 Å². The molecule has 0 aromatic heterocycles. The second-order valence-electron chi connectivity index (χ2n) is 19.6. The first-order valence-corrected chi connectivity index (χ1v) is 28.6. The summed E-state index contributed by atoms with van der Waals surface area (Å²) in [6.07, 6.45) is 43.9. The van der Waals surface area contributed by atoms with Crippen LogP contribution in [-0.4, -0.2) is 89.2 Å². The molecule has 0 bridgehead atoms. The number of carbonyl (C=O) groups excluding carboxylic acids is 3. The van der Waals surface area contributed by atoms with E-state index in [2.05, 4.69) is 51.2 Å². The van der Waals surface area contributed by atoms with Crippen molar-refractivity contribution in [1.82, 2.24) is 0 Å². The summed E-state index contributed by atoms with van der Waals surface area (Å²) in [6, 6.07) is 0. The molecule has 0 aromatic carbocycles. The van der Waals surface area contributed by atoms with Gasteiger partial charge in [-0.15, -0.1) is 0 Å². The van der Waals surface area contributed by atoms with Gasteiger partial charge in [-0.05, 0) is 44.9 Å². The number of aliphatic hydroxyl groups excluding tert-OH is 2. The van der Waals surface area contributed by atoms with E-state index < -0.39 is 67.3 Å². The highest BCUT2D eigenvalue weighted by Gasteiger charge is 2.50. The van der Waals surface area contributed by atoms with Crippen LogP contribution in [0.2, 0.25) is 0 Å². The molecule has 1 heterocycles. The summed E-state index contributed by atoms with van der Waals surface area (Å²) in [5, 5.41) is 31.4. The third kappa shape index (κ3) is 38.0. The Morgan fingerprint density at radius 2 is 0.887 bits per heavy atom. The lowest BCUT2D eigenvalue weighted by Gasteiger charge is -2.40. The molecule has 0 aliphatic carbocycles. The average molecular weight is 1000 g/mol. The van der Waals surface area contributed by atoms with Crippen LogP contribution < -0.4 is 0 Å². The smallest absolute Gasteiger partial charge is 0.335 e. The van der Waals surface area contributed by atoms with Gasteiger partial charge in [-0.2, -0.15) is 0 Å². The number of carboxylic acids is 1. The minimum Gasteiger partial charge on any atom is -0.479 e. The Kier molecular flexibility index (Phi) is 44.1. The van der Waals surface area contributed by atoms with E-state index >= 15 is 0 Å². The van der Waals surface area contributed by atoms with Crippen LogP contribution in [0.15, 0.2) is 48.6 Å². The molecule has 410 valence electrons. The largest absolute Gasteiger partial charge is 0.479 e. The van der Waals surface area contributed by atoms with Gasteiger partial charge in [-0.3, -0.25) is 14.4 Å². The topological polar surface area (TPSA) is 175 Å². The van der Waals surface area contributed by atoms with Crippen molar-refractivity contribution < 1.29 is 58.2 Å². The molecular weight excluding hydrogens is 901 g/mol. The molecule has 3 N–H and O–H groups in total.